The van der Waals surface area contributed by atoms with Crippen molar-refractivity contribution in [1.29, 1.82) is 0 Å². The molecule has 1 N–H and O–H groups in total. The van der Waals surface area contributed by atoms with Gasteiger partial charge in [-0.1, -0.05) is 12.1 Å². The summed E-state index contributed by atoms with van der Waals surface area (Å²) in [5, 5.41) is 9.12. The standard InChI is InChI=1S/C11H14O2/c1-2-3-4-8-13-11-7-5-6-10(12)9-11/h2,5-7,9,12H,1,3-4,8H2. The first-order chi connectivity index (χ1) is 6.33. The van der Waals surface area contributed by atoms with Crippen LogP contribution in [-0.4, -0.2) is 11.7 Å². The van der Waals surface area contributed by atoms with Crippen LogP contribution in [0.4, 0.5) is 0 Å². The summed E-state index contributed by atoms with van der Waals surface area (Å²) >= 11 is 0. The van der Waals surface area contributed by atoms with Crippen LogP contribution in [-0.2, 0) is 0 Å². The number of aromatic hydroxyl groups is 1. The Morgan fingerprint density at radius 3 is 3.00 bits per heavy atom. The summed E-state index contributed by atoms with van der Waals surface area (Å²) < 4.78 is 5.38. The molecule has 0 saturated heterocycles. The molecule has 13 heavy (non-hydrogen) atoms. The molecule has 0 spiro atoms. The second kappa shape index (κ2) is 5.25. The van der Waals surface area contributed by atoms with Crippen LogP contribution in [0, 0.1) is 0 Å². The third-order valence-electron chi connectivity index (χ3n) is 1.64. The third-order valence-corrected chi connectivity index (χ3v) is 1.64. The summed E-state index contributed by atoms with van der Waals surface area (Å²) in [6, 6.07) is 6.82. The Hall–Kier alpha value is -1.44. The second-order valence-electron chi connectivity index (χ2n) is 2.78. The number of hydrogen-bond donors (Lipinski definition) is 1. The maximum absolute atomic E-state index is 9.12. The molecule has 0 aliphatic carbocycles. The molecule has 0 amide bonds. The van der Waals surface area contributed by atoms with E-state index in [1.165, 1.54) is 0 Å². The number of phenolic OH excluding ortho intramolecular Hbond substituents is 1. The summed E-state index contributed by atoms with van der Waals surface area (Å²) in [5.74, 6) is 0.949. The molecule has 0 unspecified atom stereocenters. The van der Waals surface area contributed by atoms with Crippen molar-refractivity contribution in [2.45, 2.75) is 12.8 Å². The molecule has 0 atom stereocenters. The first-order valence-electron chi connectivity index (χ1n) is 4.35. The van der Waals surface area contributed by atoms with E-state index in [0.29, 0.717) is 12.4 Å². The lowest BCUT2D eigenvalue weighted by molar-refractivity contribution is 0.310. The minimum Gasteiger partial charge on any atom is -0.508 e. The number of allylic oxidation sites excluding steroid dienone is 1. The van der Waals surface area contributed by atoms with Crippen LogP contribution in [0.25, 0.3) is 0 Å². The molecular weight excluding hydrogens is 164 g/mol. The van der Waals surface area contributed by atoms with Crippen LogP contribution in [0.15, 0.2) is 36.9 Å². The molecule has 0 aliphatic rings. The Kier molecular flexibility index (Phi) is 3.89. The Balaban J connectivity index is 2.32. The summed E-state index contributed by atoms with van der Waals surface area (Å²) in [6.07, 6.45) is 3.78. The molecule has 0 heterocycles. The fourth-order valence-corrected chi connectivity index (χ4v) is 0.991. The molecule has 2 heteroatoms. The van der Waals surface area contributed by atoms with Gasteiger partial charge in [-0.2, -0.15) is 0 Å². The predicted molar refractivity (Wildman–Crippen MR) is 53.0 cm³/mol. The fraction of sp³-hybridized carbons (Fsp3) is 0.273. The lowest BCUT2D eigenvalue weighted by atomic mass is 10.3. The maximum Gasteiger partial charge on any atom is 0.122 e. The van der Waals surface area contributed by atoms with Crippen molar-refractivity contribution in [3.63, 3.8) is 0 Å². The van der Waals surface area contributed by atoms with Gasteiger partial charge in [0, 0.05) is 6.07 Å². The van der Waals surface area contributed by atoms with E-state index in [-0.39, 0.29) is 5.75 Å². The van der Waals surface area contributed by atoms with Crippen molar-refractivity contribution in [2.24, 2.45) is 0 Å². The first-order valence-corrected chi connectivity index (χ1v) is 4.35. The van der Waals surface area contributed by atoms with Gasteiger partial charge in [0.1, 0.15) is 11.5 Å². The minimum atomic E-state index is 0.237. The van der Waals surface area contributed by atoms with Crippen LogP contribution in [0.2, 0.25) is 0 Å². The average Bonchev–Trinajstić information content (AvgIpc) is 2.13. The predicted octanol–water partition coefficient (Wildman–Crippen LogP) is 2.74. The molecule has 0 aliphatic heterocycles. The van der Waals surface area contributed by atoms with Crippen LogP contribution in [0.5, 0.6) is 11.5 Å². The van der Waals surface area contributed by atoms with E-state index in [9.17, 15) is 0 Å². The van der Waals surface area contributed by atoms with Gasteiger partial charge in [0.25, 0.3) is 0 Å². The average molecular weight is 178 g/mol. The van der Waals surface area contributed by atoms with Gasteiger partial charge in [-0.15, -0.1) is 6.58 Å². The van der Waals surface area contributed by atoms with Gasteiger partial charge in [-0.05, 0) is 25.0 Å². The van der Waals surface area contributed by atoms with Gasteiger partial charge in [0.05, 0.1) is 6.61 Å². The molecule has 0 saturated carbocycles. The summed E-state index contributed by atoms with van der Waals surface area (Å²) in [4.78, 5) is 0. The lowest BCUT2D eigenvalue weighted by Crippen LogP contribution is -1.95. The van der Waals surface area contributed by atoms with Gasteiger partial charge < -0.3 is 9.84 Å². The van der Waals surface area contributed by atoms with Gasteiger partial charge in [0.15, 0.2) is 0 Å². The van der Waals surface area contributed by atoms with Crippen molar-refractivity contribution in [2.75, 3.05) is 6.61 Å². The van der Waals surface area contributed by atoms with Gasteiger partial charge >= 0.3 is 0 Å². The summed E-state index contributed by atoms with van der Waals surface area (Å²) in [6.45, 7) is 4.29. The number of phenols is 1. The molecule has 0 radical (unpaired) electrons. The first kappa shape index (κ1) is 9.65. The van der Waals surface area contributed by atoms with E-state index in [1.807, 2.05) is 12.1 Å². The molecule has 2 nitrogen and oxygen atoms in total. The smallest absolute Gasteiger partial charge is 0.122 e. The zero-order valence-corrected chi connectivity index (χ0v) is 7.57. The zero-order valence-electron chi connectivity index (χ0n) is 7.57. The SMILES string of the molecule is C=CCCCOc1cccc(O)c1. The fourth-order valence-electron chi connectivity index (χ4n) is 0.991. The molecule has 0 bridgehead atoms. The Labute approximate surface area is 78.5 Å². The highest BCUT2D eigenvalue weighted by Crippen LogP contribution is 2.17. The molecule has 1 aromatic carbocycles. The number of hydrogen-bond acceptors (Lipinski definition) is 2. The number of rotatable bonds is 5. The topological polar surface area (TPSA) is 29.5 Å². The molecule has 1 aromatic rings. The van der Waals surface area contributed by atoms with Crippen LogP contribution < -0.4 is 4.74 Å². The van der Waals surface area contributed by atoms with Gasteiger partial charge in [-0.3, -0.25) is 0 Å². The number of ether oxygens (including phenoxy) is 1. The lowest BCUT2D eigenvalue weighted by Gasteiger charge is -2.04. The molecule has 1 rings (SSSR count). The van der Waals surface area contributed by atoms with Crippen LogP contribution >= 0.6 is 0 Å². The monoisotopic (exact) mass is 178 g/mol. The second-order valence-corrected chi connectivity index (χ2v) is 2.78. The molecule has 70 valence electrons. The molecular formula is C11H14O2. The van der Waals surface area contributed by atoms with Crippen molar-refractivity contribution >= 4 is 0 Å². The summed E-state index contributed by atoms with van der Waals surface area (Å²) in [7, 11) is 0. The van der Waals surface area contributed by atoms with Crippen molar-refractivity contribution < 1.29 is 9.84 Å². The molecule has 0 aromatic heterocycles. The van der Waals surface area contributed by atoms with Gasteiger partial charge in [-0.25, -0.2) is 0 Å². The number of unbranched alkanes of at least 4 members (excludes halogenated alkanes) is 1. The normalized spacial score (nSPS) is 9.54. The third kappa shape index (κ3) is 3.65. The van der Waals surface area contributed by atoms with Crippen molar-refractivity contribution in [1.82, 2.24) is 0 Å². The van der Waals surface area contributed by atoms with E-state index in [1.54, 1.807) is 18.2 Å². The highest BCUT2D eigenvalue weighted by Gasteiger charge is 1.93. The van der Waals surface area contributed by atoms with E-state index in [0.717, 1.165) is 12.8 Å². The number of benzene rings is 1. The Morgan fingerprint density at radius 2 is 2.31 bits per heavy atom. The van der Waals surface area contributed by atoms with Crippen molar-refractivity contribution in [3.8, 4) is 11.5 Å². The zero-order chi connectivity index (χ0) is 9.52. The van der Waals surface area contributed by atoms with Crippen LogP contribution in [0.3, 0.4) is 0 Å². The minimum absolute atomic E-state index is 0.237. The van der Waals surface area contributed by atoms with E-state index in [4.69, 9.17) is 9.84 Å². The Morgan fingerprint density at radius 1 is 1.46 bits per heavy atom. The van der Waals surface area contributed by atoms with Gasteiger partial charge in [0.2, 0.25) is 0 Å². The highest BCUT2D eigenvalue weighted by atomic mass is 16.5. The summed E-state index contributed by atoms with van der Waals surface area (Å²) in [5.41, 5.74) is 0. The van der Waals surface area contributed by atoms with E-state index in [2.05, 4.69) is 6.58 Å². The molecule has 0 fully saturated rings. The van der Waals surface area contributed by atoms with E-state index < -0.39 is 0 Å². The quantitative estimate of drug-likeness (QED) is 0.555. The largest absolute Gasteiger partial charge is 0.508 e. The van der Waals surface area contributed by atoms with Crippen molar-refractivity contribution in [3.05, 3.63) is 36.9 Å². The van der Waals surface area contributed by atoms with E-state index >= 15 is 0 Å². The van der Waals surface area contributed by atoms with Crippen LogP contribution in [0.1, 0.15) is 12.8 Å². The maximum atomic E-state index is 9.12. The highest BCUT2D eigenvalue weighted by molar-refractivity contribution is 5.31. The Bertz CT molecular complexity index is 269.